The second-order valence-corrected chi connectivity index (χ2v) is 31.8. The minimum absolute atomic E-state index is 0.612. The lowest BCUT2D eigenvalue weighted by atomic mass is 10.9. The first-order valence-electron chi connectivity index (χ1n) is 8.36. The van der Waals surface area contributed by atoms with E-state index in [4.69, 9.17) is 0 Å². The third kappa shape index (κ3) is 6.12. The Labute approximate surface area is 135 Å². The molecule has 0 amide bonds. The van der Waals surface area contributed by atoms with Crippen LogP contribution < -0.4 is 0 Å². The van der Waals surface area contributed by atoms with Crippen LogP contribution in [-0.2, 0) is 0 Å². The van der Waals surface area contributed by atoms with Crippen molar-refractivity contribution in [2.24, 2.45) is 0 Å². The van der Waals surface area contributed by atoms with Crippen LogP contribution in [0.15, 0.2) is 0 Å². The zero-order valence-corrected chi connectivity index (χ0v) is 19.1. The summed E-state index contributed by atoms with van der Waals surface area (Å²) in [6.45, 7) is 17.2. The van der Waals surface area contributed by atoms with E-state index in [0.717, 1.165) is 0 Å². The molecule has 0 aliphatic heterocycles. The average Bonchev–Trinajstić information content (AvgIpc) is 2.49. The van der Waals surface area contributed by atoms with Crippen LogP contribution in [0.1, 0.15) is 48.5 Å². The van der Waals surface area contributed by atoms with Crippen molar-refractivity contribution in [2.75, 3.05) is 0 Å². The maximum Gasteiger partial charge on any atom is 0.417 e. The highest BCUT2D eigenvalue weighted by molar-refractivity contribution is 8.72. The number of rotatable bonds is 11. The minimum Gasteiger partial charge on any atom is -0.263 e. The molecule has 19 heavy (non-hydrogen) atoms. The van der Waals surface area contributed by atoms with Crippen LogP contribution in [-0.4, -0.2) is 26.3 Å². The molecule has 0 saturated heterocycles. The van der Waals surface area contributed by atoms with Gasteiger partial charge in [0.1, 0.15) is 0 Å². The molecule has 0 radical (unpaired) electrons. The van der Waals surface area contributed by atoms with Gasteiger partial charge in [0.2, 0.25) is 0 Å². The summed E-state index contributed by atoms with van der Waals surface area (Å²) in [6, 6.07) is 8.96. The molecule has 0 bridgehead atoms. The van der Waals surface area contributed by atoms with Crippen molar-refractivity contribution >= 4 is 45.5 Å². The normalized spacial score (nSPS) is 12.8. The molecule has 0 aromatic rings. The summed E-state index contributed by atoms with van der Waals surface area (Å²) in [4.78, 5) is 0. The summed E-state index contributed by atoms with van der Waals surface area (Å²) in [5.74, 6) is 0. The quantitative estimate of drug-likeness (QED) is 0.369. The molecule has 0 heterocycles. The molecule has 0 aliphatic rings. The lowest BCUT2D eigenvalue weighted by Gasteiger charge is -2.35. The van der Waals surface area contributed by atoms with Gasteiger partial charge < -0.3 is 0 Å². The first kappa shape index (κ1) is 20.7. The van der Waals surface area contributed by atoms with E-state index in [9.17, 15) is 0 Å². The number of hydrogen-bond acceptors (Lipinski definition) is 2. The van der Waals surface area contributed by atoms with Crippen molar-refractivity contribution in [2.45, 2.75) is 90.0 Å². The standard InChI is InChI=1S/2C6H15SSi.C2H5.Al/c2*1-4-8(7,5-2)6-3;1-2;/h2*4-6H2,1-3H3;1H2,2H3;/q2*-1;;+2. The molecule has 0 rings (SSSR count). The van der Waals surface area contributed by atoms with Crippen molar-refractivity contribution in [3.8, 4) is 0 Å². The third-order valence-corrected chi connectivity index (χ3v) is 45.6. The molecule has 5 heteroatoms. The zero-order chi connectivity index (χ0) is 14.9. The maximum absolute atomic E-state index is 2.59. The third-order valence-electron chi connectivity index (χ3n) is 4.96. The Bertz CT molecular complexity index is 193. The van der Waals surface area contributed by atoms with Crippen molar-refractivity contribution in [3.05, 3.63) is 0 Å². The van der Waals surface area contributed by atoms with E-state index in [1.165, 1.54) is 41.5 Å². The molecule has 0 aromatic heterocycles. The highest BCUT2D eigenvalue weighted by Gasteiger charge is 2.38. The fraction of sp³-hybridized carbons (Fsp3) is 1.00. The fourth-order valence-corrected chi connectivity index (χ4v) is 54.4. The van der Waals surface area contributed by atoms with E-state index in [0.29, 0.717) is 0 Å². The van der Waals surface area contributed by atoms with Crippen molar-refractivity contribution < 1.29 is 0 Å². The molecule has 0 atom stereocenters. The maximum atomic E-state index is 2.59. The van der Waals surface area contributed by atoms with Gasteiger partial charge in [0.15, 0.2) is 0 Å². The van der Waals surface area contributed by atoms with Crippen LogP contribution in [0.2, 0.25) is 41.5 Å². The van der Waals surface area contributed by atoms with E-state index in [1.54, 1.807) is 0 Å². The molecule has 0 aromatic carbocycles. The van der Waals surface area contributed by atoms with Crippen molar-refractivity contribution in [1.82, 2.24) is 0 Å². The highest BCUT2D eigenvalue weighted by atomic mass is 32.7. The summed E-state index contributed by atoms with van der Waals surface area (Å²) < 4.78 is 0. The van der Waals surface area contributed by atoms with Gasteiger partial charge in [-0.25, -0.2) is 0 Å². The Morgan fingerprint density at radius 2 is 0.842 bits per heavy atom. The Balaban J connectivity index is 4.83. The van der Waals surface area contributed by atoms with E-state index in [-0.39, 0.29) is 0 Å². The molecule has 0 spiro atoms. The molecule has 0 saturated carbocycles. The van der Waals surface area contributed by atoms with Crippen LogP contribution in [0.4, 0.5) is 0 Å². The van der Waals surface area contributed by atoms with Crippen LogP contribution >= 0.6 is 19.2 Å². The zero-order valence-electron chi connectivity index (χ0n) is 14.3. The van der Waals surface area contributed by atoms with Gasteiger partial charge in [-0.2, -0.15) is 0 Å². The van der Waals surface area contributed by atoms with Gasteiger partial charge in [0.05, 0.1) is 14.4 Å². The van der Waals surface area contributed by atoms with Crippen molar-refractivity contribution in [1.29, 1.82) is 0 Å². The van der Waals surface area contributed by atoms with E-state index < -0.39 is 26.3 Å². The Morgan fingerprint density at radius 1 is 0.579 bits per heavy atom. The molecule has 114 valence electrons. The van der Waals surface area contributed by atoms with Gasteiger partial charge in [-0.3, -0.25) is 19.2 Å². The van der Waals surface area contributed by atoms with Gasteiger partial charge in [0.25, 0.3) is 0 Å². The summed E-state index contributed by atoms with van der Waals surface area (Å²) in [6.07, 6.45) is 0. The predicted molar refractivity (Wildman–Crippen MR) is 106 cm³/mol. The minimum atomic E-state index is -0.960. The Hall–Kier alpha value is 1.67. The first-order valence-corrected chi connectivity index (χ1v) is 20.5. The topological polar surface area (TPSA) is 0 Å². The van der Waals surface area contributed by atoms with Gasteiger partial charge in [-0.05, 0) is 0 Å². The first-order chi connectivity index (χ1) is 9.00. The highest BCUT2D eigenvalue weighted by Crippen LogP contribution is 2.44. The van der Waals surface area contributed by atoms with Crippen LogP contribution in [0.5, 0.6) is 0 Å². The van der Waals surface area contributed by atoms with E-state index in [2.05, 4.69) is 67.6 Å². The van der Waals surface area contributed by atoms with E-state index >= 15 is 0 Å². The molecule has 0 aliphatic carbocycles. The summed E-state index contributed by atoms with van der Waals surface area (Å²) in [7, 11) is 3.25. The summed E-state index contributed by atoms with van der Waals surface area (Å²) >= 11 is -0.612. The number of hydrogen-bond donors (Lipinski definition) is 0. The molecule has 0 nitrogen and oxygen atoms in total. The lowest BCUT2D eigenvalue weighted by Crippen LogP contribution is -2.35. The molecule has 0 N–H and O–H groups in total. The van der Waals surface area contributed by atoms with Gasteiger partial charge >= 0.3 is 11.9 Å². The summed E-state index contributed by atoms with van der Waals surface area (Å²) in [5.41, 5.74) is 0. The molecular weight excluding hydrogens is 315 g/mol. The molecule has 0 unspecified atom stereocenters. The largest absolute Gasteiger partial charge is 0.417 e. The SMILES string of the molecule is C[CH2][Al]([S][Si](CC)(CC)CC)[S][Si](CC)(CC)CC. The summed E-state index contributed by atoms with van der Waals surface area (Å²) in [5, 5.41) is 1.50. The van der Waals surface area contributed by atoms with Crippen molar-refractivity contribution in [3.63, 3.8) is 0 Å². The van der Waals surface area contributed by atoms with Crippen LogP contribution in [0.25, 0.3) is 0 Å². The van der Waals surface area contributed by atoms with Gasteiger partial charge in [0, 0.05) is 0 Å². The smallest absolute Gasteiger partial charge is 0.263 e. The average molecular weight is 351 g/mol. The van der Waals surface area contributed by atoms with Crippen LogP contribution in [0, 0.1) is 0 Å². The van der Waals surface area contributed by atoms with Crippen LogP contribution in [0.3, 0.4) is 0 Å². The lowest BCUT2D eigenvalue weighted by molar-refractivity contribution is 1.22. The second-order valence-electron chi connectivity index (χ2n) is 5.56. The van der Waals surface area contributed by atoms with E-state index in [1.807, 2.05) is 0 Å². The second kappa shape index (κ2) is 10.4. The molecular formula is C14H35AlS2Si2. The van der Waals surface area contributed by atoms with Gasteiger partial charge in [-0.15, -0.1) is 0 Å². The van der Waals surface area contributed by atoms with Gasteiger partial charge in [-0.1, -0.05) is 90.0 Å². The Kier molecular flexibility index (Phi) is 11.3. The molecule has 0 fully saturated rings. The predicted octanol–water partition coefficient (Wildman–Crippen LogP) is 6.97. The monoisotopic (exact) mass is 350 g/mol. The Morgan fingerprint density at radius 3 is 1.00 bits per heavy atom. The fourth-order valence-electron chi connectivity index (χ4n) is 2.75.